The highest BCUT2D eigenvalue weighted by Crippen LogP contribution is 2.35. The molecule has 1 fully saturated rings. The normalized spacial score (nSPS) is 36.6. The molecule has 0 aromatic rings. The monoisotopic (exact) mass is 227 g/mol. The van der Waals surface area contributed by atoms with E-state index in [2.05, 4.69) is 27.7 Å². The van der Waals surface area contributed by atoms with Crippen molar-refractivity contribution in [2.24, 2.45) is 17.6 Å². The lowest BCUT2D eigenvalue weighted by Gasteiger charge is -2.25. The van der Waals surface area contributed by atoms with Gasteiger partial charge in [-0.15, -0.1) is 0 Å². The Labute approximate surface area is 101 Å². The summed E-state index contributed by atoms with van der Waals surface area (Å²) in [5, 5.41) is 0. The highest BCUT2D eigenvalue weighted by Gasteiger charge is 2.39. The Hall–Kier alpha value is -0.0800. The van der Waals surface area contributed by atoms with Crippen LogP contribution in [0.1, 0.15) is 59.8 Å². The Morgan fingerprint density at radius 2 is 1.75 bits per heavy atom. The molecule has 16 heavy (non-hydrogen) atoms. The molecule has 1 rings (SSSR count). The Balaban J connectivity index is 2.32. The molecule has 0 aliphatic carbocycles. The average molecular weight is 227 g/mol. The van der Waals surface area contributed by atoms with E-state index in [0.717, 1.165) is 6.42 Å². The molecule has 5 unspecified atom stereocenters. The van der Waals surface area contributed by atoms with Crippen molar-refractivity contribution < 1.29 is 4.74 Å². The van der Waals surface area contributed by atoms with Crippen molar-refractivity contribution in [1.29, 1.82) is 0 Å². The highest BCUT2D eigenvalue weighted by atomic mass is 16.5. The van der Waals surface area contributed by atoms with Crippen molar-refractivity contribution in [3.8, 4) is 0 Å². The van der Waals surface area contributed by atoms with Gasteiger partial charge in [-0.25, -0.2) is 0 Å². The summed E-state index contributed by atoms with van der Waals surface area (Å²) in [7, 11) is 0. The lowest BCUT2D eigenvalue weighted by Crippen LogP contribution is -2.37. The minimum absolute atomic E-state index is 0.326. The van der Waals surface area contributed by atoms with E-state index in [1.165, 1.54) is 25.7 Å². The van der Waals surface area contributed by atoms with E-state index in [1.54, 1.807) is 0 Å². The van der Waals surface area contributed by atoms with E-state index in [0.29, 0.717) is 30.1 Å². The lowest BCUT2D eigenvalue weighted by atomic mass is 9.82. The summed E-state index contributed by atoms with van der Waals surface area (Å²) in [6, 6.07) is 0.326. The van der Waals surface area contributed by atoms with Gasteiger partial charge in [0.2, 0.25) is 0 Å². The average Bonchev–Trinajstić information content (AvgIpc) is 2.48. The Morgan fingerprint density at radius 3 is 2.25 bits per heavy atom. The molecular weight excluding hydrogens is 198 g/mol. The van der Waals surface area contributed by atoms with Crippen molar-refractivity contribution in [1.82, 2.24) is 0 Å². The van der Waals surface area contributed by atoms with Crippen molar-refractivity contribution in [2.75, 3.05) is 0 Å². The predicted molar refractivity (Wildman–Crippen MR) is 69.4 cm³/mol. The summed E-state index contributed by atoms with van der Waals surface area (Å²) < 4.78 is 5.85. The molecule has 1 aliphatic heterocycles. The minimum atomic E-state index is 0.326. The number of unbranched alkanes of at least 4 members (excludes halogenated alkanes) is 3. The summed E-state index contributed by atoms with van der Waals surface area (Å²) >= 11 is 0. The molecule has 1 saturated heterocycles. The zero-order chi connectivity index (χ0) is 12.1. The van der Waals surface area contributed by atoms with E-state index in [9.17, 15) is 0 Å². The molecule has 1 aliphatic rings. The van der Waals surface area contributed by atoms with Gasteiger partial charge in [0.15, 0.2) is 0 Å². The Kier molecular flexibility index (Phi) is 5.77. The second kappa shape index (κ2) is 6.61. The fraction of sp³-hybridized carbons (Fsp3) is 1.00. The standard InChI is InChI=1S/C14H29NO/c1-5-6-7-8-9-13(15)14-10(2)11(3)16-12(14)4/h10-14H,5-9,15H2,1-4H3. The molecule has 2 N–H and O–H groups in total. The number of nitrogens with two attached hydrogens (primary N) is 1. The summed E-state index contributed by atoms with van der Waals surface area (Å²) in [5.74, 6) is 1.16. The molecular formula is C14H29NO. The number of hydrogen-bond donors (Lipinski definition) is 1. The van der Waals surface area contributed by atoms with E-state index >= 15 is 0 Å². The van der Waals surface area contributed by atoms with Gasteiger partial charge in [-0.05, 0) is 26.2 Å². The van der Waals surface area contributed by atoms with Crippen molar-refractivity contribution >= 4 is 0 Å². The van der Waals surface area contributed by atoms with Gasteiger partial charge in [-0.2, -0.15) is 0 Å². The van der Waals surface area contributed by atoms with Crippen LogP contribution in [0.3, 0.4) is 0 Å². The first-order valence-corrected chi connectivity index (χ1v) is 6.99. The summed E-state index contributed by atoms with van der Waals surface area (Å²) in [5.41, 5.74) is 6.32. The molecule has 96 valence electrons. The lowest BCUT2D eigenvalue weighted by molar-refractivity contribution is 0.0486. The van der Waals surface area contributed by atoms with Gasteiger partial charge in [0.05, 0.1) is 12.2 Å². The maximum atomic E-state index is 6.32. The molecule has 0 saturated carbocycles. The number of ether oxygens (including phenoxy) is 1. The van der Waals surface area contributed by atoms with Crippen LogP contribution in [0, 0.1) is 11.8 Å². The quantitative estimate of drug-likeness (QED) is 0.706. The topological polar surface area (TPSA) is 35.2 Å². The van der Waals surface area contributed by atoms with Gasteiger partial charge in [-0.1, -0.05) is 39.5 Å². The maximum absolute atomic E-state index is 6.32. The van der Waals surface area contributed by atoms with Crippen LogP contribution in [0.5, 0.6) is 0 Å². The van der Waals surface area contributed by atoms with Crippen LogP contribution in [0.4, 0.5) is 0 Å². The second-order valence-corrected chi connectivity index (χ2v) is 5.50. The Morgan fingerprint density at radius 1 is 1.06 bits per heavy atom. The van der Waals surface area contributed by atoms with Crippen LogP contribution in [0.2, 0.25) is 0 Å². The molecule has 0 bridgehead atoms. The fourth-order valence-electron chi connectivity index (χ4n) is 3.03. The van der Waals surface area contributed by atoms with Crippen molar-refractivity contribution in [2.45, 2.75) is 78.0 Å². The van der Waals surface area contributed by atoms with Crippen LogP contribution in [0.25, 0.3) is 0 Å². The van der Waals surface area contributed by atoms with Gasteiger partial charge < -0.3 is 10.5 Å². The molecule has 1 heterocycles. The van der Waals surface area contributed by atoms with Crippen LogP contribution in [-0.4, -0.2) is 18.2 Å². The molecule has 5 atom stereocenters. The van der Waals surface area contributed by atoms with Gasteiger partial charge >= 0.3 is 0 Å². The molecule has 2 nitrogen and oxygen atoms in total. The second-order valence-electron chi connectivity index (χ2n) is 5.50. The smallest absolute Gasteiger partial charge is 0.0597 e. The van der Waals surface area contributed by atoms with Crippen LogP contribution in [0.15, 0.2) is 0 Å². The molecule has 0 spiro atoms. The van der Waals surface area contributed by atoms with Gasteiger partial charge in [0.25, 0.3) is 0 Å². The predicted octanol–water partition coefficient (Wildman–Crippen LogP) is 3.34. The highest BCUT2D eigenvalue weighted by molar-refractivity contribution is 4.90. The zero-order valence-electron chi connectivity index (χ0n) is 11.4. The summed E-state index contributed by atoms with van der Waals surface area (Å²) in [4.78, 5) is 0. The minimum Gasteiger partial charge on any atom is -0.375 e. The summed E-state index contributed by atoms with van der Waals surface area (Å²) in [6.07, 6.45) is 7.12. The number of hydrogen-bond acceptors (Lipinski definition) is 2. The van der Waals surface area contributed by atoms with E-state index in [1.807, 2.05) is 0 Å². The van der Waals surface area contributed by atoms with Crippen molar-refractivity contribution in [3.63, 3.8) is 0 Å². The van der Waals surface area contributed by atoms with E-state index in [4.69, 9.17) is 10.5 Å². The first kappa shape index (κ1) is 14.0. The molecule has 0 aromatic heterocycles. The first-order chi connectivity index (χ1) is 7.57. The number of rotatable bonds is 6. The Bertz CT molecular complexity index is 195. The molecule has 0 radical (unpaired) electrons. The third-order valence-corrected chi connectivity index (χ3v) is 4.20. The molecule has 2 heteroatoms. The first-order valence-electron chi connectivity index (χ1n) is 6.99. The van der Waals surface area contributed by atoms with Gasteiger partial charge in [0, 0.05) is 12.0 Å². The third kappa shape index (κ3) is 3.46. The van der Waals surface area contributed by atoms with Crippen LogP contribution >= 0.6 is 0 Å². The van der Waals surface area contributed by atoms with Crippen LogP contribution in [-0.2, 0) is 4.74 Å². The molecule has 0 aromatic carbocycles. The maximum Gasteiger partial charge on any atom is 0.0597 e. The van der Waals surface area contributed by atoms with Gasteiger partial charge in [0.1, 0.15) is 0 Å². The zero-order valence-corrected chi connectivity index (χ0v) is 11.4. The van der Waals surface area contributed by atoms with E-state index in [-0.39, 0.29) is 0 Å². The SMILES string of the molecule is CCCCCCC(N)C1C(C)OC(C)C1C. The van der Waals surface area contributed by atoms with Crippen LogP contribution < -0.4 is 5.73 Å². The van der Waals surface area contributed by atoms with Gasteiger partial charge in [-0.3, -0.25) is 0 Å². The summed E-state index contributed by atoms with van der Waals surface area (Å²) in [6.45, 7) is 8.88. The molecule has 0 amide bonds. The third-order valence-electron chi connectivity index (χ3n) is 4.20. The van der Waals surface area contributed by atoms with Crippen molar-refractivity contribution in [3.05, 3.63) is 0 Å². The van der Waals surface area contributed by atoms with E-state index < -0.39 is 0 Å². The fourth-order valence-corrected chi connectivity index (χ4v) is 3.03. The largest absolute Gasteiger partial charge is 0.375 e.